The van der Waals surface area contributed by atoms with Crippen molar-refractivity contribution >= 4 is 15.9 Å². The first-order chi connectivity index (χ1) is 7.50. The summed E-state index contributed by atoms with van der Waals surface area (Å²) < 4.78 is 28.3. The number of benzene rings is 1. The Balaban J connectivity index is 2.53. The molecule has 4 nitrogen and oxygen atoms in total. The van der Waals surface area contributed by atoms with E-state index in [9.17, 15) is 8.42 Å². The highest BCUT2D eigenvalue weighted by Gasteiger charge is 2.22. The molecule has 0 saturated heterocycles. The summed E-state index contributed by atoms with van der Waals surface area (Å²) in [5.41, 5.74) is 1.95. The molecule has 84 valence electrons. The molecule has 0 fully saturated rings. The van der Waals surface area contributed by atoms with Crippen molar-refractivity contribution in [2.45, 2.75) is 6.92 Å². The SMILES string of the molecule is CC1=CC(c2ccccc2)=NS(=O)(=O)N1C. The van der Waals surface area contributed by atoms with Gasteiger partial charge in [0.2, 0.25) is 0 Å². The van der Waals surface area contributed by atoms with Crippen LogP contribution in [0.5, 0.6) is 0 Å². The second-order valence-corrected chi connectivity index (χ2v) is 5.20. The van der Waals surface area contributed by atoms with E-state index in [-0.39, 0.29) is 0 Å². The van der Waals surface area contributed by atoms with Crippen molar-refractivity contribution < 1.29 is 8.42 Å². The molecular weight excluding hydrogens is 224 g/mol. The molecule has 0 saturated carbocycles. The Kier molecular flexibility index (Phi) is 2.55. The van der Waals surface area contributed by atoms with Gasteiger partial charge < -0.3 is 0 Å². The van der Waals surface area contributed by atoms with Crippen molar-refractivity contribution in [3.8, 4) is 0 Å². The molecule has 1 aliphatic heterocycles. The van der Waals surface area contributed by atoms with Crippen LogP contribution in [0.1, 0.15) is 12.5 Å². The summed E-state index contributed by atoms with van der Waals surface area (Å²) in [5.74, 6) is 0. The molecule has 1 aliphatic rings. The lowest BCUT2D eigenvalue weighted by molar-refractivity contribution is 0.524. The molecule has 0 spiro atoms. The Morgan fingerprint density at radius 3 is 2.38 bits per heavy atom. The lowest BCUT2D eigenvalue weighted by atomic mass is 10.1. The average molecular weight is 236 g/mol. The van der Waals surface area contributed by atoms with Crippen molar-refractivity contribution in [3.63, 3.8) is 0 Å². The van der Waals surface area contributed by atoms with E-state index < -0.39 is 10.2 Å². The van der Waals surface area contributed by atoms with Gasteiger partial charge in [0.1, 0.15) is 0 Å². The molecule has 0 unspecified atom stereocenters. The van der Waals surface area contributed by atoms with Gasteiger partial charge in [0.05, 0.1) is 5.71 Å². The van der Waals surface area contributed by atoms with Crippen molar-refractivity contribution in [1.82, 2.24) is 4.31 Å². The highest BCUT2D eigenvalue weighted by Crippen LogP contribution is 2.18. The van der Waals surface area contributed by atoms with Gasteiger partial charge in [-0.05, 0) is 13.0 Å². The molecular formula is C11H12N2O2S. The maximum absolute atomic E-state index is 11.7. The molecule has 0 aromatic heterocycles. The summed E-state index contributed by atoms with van der Waals surface area (Å²) in [4.78, 5) is 0. The van der Waals surface area contributed by atoms with Crippen LogP contribution in [-0.4, -0.2) is 25.5 Å². The third-order valence-electron chi connectivity index (χ3n) is 2.47. The molecule has 0 radical (unpaired) electrons. The summed E-state index contributed by atoms with van der Waals surface area (Å²) in [7, 11) is -2.06. The van der Waals surface area contributed by atoms with E-state index in [1.54, 1.807) is 13.0 Å². The predicted molar refractivity (Wildman–Crippen MR) is 63.4 cm³/mol. The van der Waals surface area contributed by atoms with E-state index in [0.717, 1.165) is 5.56 Å². The maximum atomic E-state index is 11.7. The van der Waals surface area contributed by atoms with Gasteiger partial charge in [-0.2, -0.15) is 8.42 Å². The summed E-state index contributed by atoms with van der Waals surface area (Å²) in [6.07, 6.45) is 1.76. The average Bonchev–Trinajstić information content (AvgIpc) is 2.26. The zero-order chi connectivity index (χ0) is 11.8. The van der Waals surface area contributed by atoms with Gasteiger partial charge in [-0.25, -0.2) is 0 Å². The summed E-state index contributed by atoms with van der Waals surface area (Å²) in [6.45, 7) is 1.75. The zero-order valence-corrected chi connectivity index (χ0v) is 9.90. The van der Waals surface area contributed by atoms with Gasteiger partial charge in [-0.3, -0.25) is 4.31 Å². The fraction of sp³-hybridized carbons (Fsp3) is 0.182. The minimum atomic E-state index is -3.55. The number of hydrogen-bond acceptors (Lipinski definition) is 2. The van der Waals surface area contributed by atoms with Crippen molar-refractivity contribution in [2.75, 3.05) is 7.05 Å². The van der Waals surface area contributed by atoms with Crippen LogP contribution in [0.4, 0.5) is 0 Å². The van der Waals surface area contributed by atoms with Crippen LogP contribution >= 0.6 is 0 Å². The van der Waals surface area contributed by atoms with Crippen LogP contribution in [0.15, 0.2) is 46.5 Å². The van der Waals surface area contributed by atoms with Crippen LogP contribution < -0.4 is 0 Å². The molecule has 1 aromatic carbocycles. The van der Waals surface area contributed by atoms with Gasteiger partial charge >= 0.3 is 10.2 Å². The largest absolute Gasteiger partial charge is 0.344 e. The normalized spacial score (nSPS) is 19.0. The van der Waals surface area contributed by atoms with Crippen LogP contribution in [0.25, 0.3) is 0 Å². The Labute approximate surface area is 95.1 Å². The van der Waals surface area contributed by atoms with E-state index >= 15 is 0 Å². The fourth-order valence-corrected chi connectivity index (χ4v) is 2.37. The molecule has 0 amide bonds. The molecule has 0 bridgehead atoms. The Morgan fingerprint density at radius 1 is 1.19 bits per heavy atom. The topological polar surface area (TPSA) is 49.7 Å². The molecule has 16 heavy (non-hydrogen) atoms. The molecule has 1 heterocycles. The minimum absolute atomic E-state index is 0.483. The van der Waals surface area contributed by atoms with Gasteiger partial charge in [0, 0.05) is 18.3 Å². The van der Waals surface area contributed by atoms with E-state index in [2.05, 4.69) is 4.40 Å². The lowest BCUT2D eigenvalue weighted by Crippen LogP contribution is -2.28. The third-order valence-corrected chi connectivity index (χ3v) is 3.88. The fourth-order valence-electron chi connectivity index (χ4n) is 1.43. The van der Waals surface area contributed by atoms with Crippen LogP contribution in [-0.2, 0) is 10.2 Å². The number of hydrogen-bond donors (Lipinski definition) is 0. The minimum Gasteiger partial charge on any atom is -0.259 e. The molecule has 0 atom stereocenters. The van der Waals surface area contributed by atoms with E-state index in [4.69, 9.17) is 0 Å². The first-order valence-electron chi connectivity index (χ1n) is 4.83. The first kappa shape index (κ1) is 10.9. The van der Waals surface area contributed by atoms with E-state index in [0.29, 0.717) is 11.4 Å². The third kappa shape index (κ3) is 1.86. The van der Waals surface area contributed by atoms with Crippen LogP contribution in [0.2, 0.25) is 0 Å². The summed E-state index contributed by atoms with van der Waals surface area (Å²) >= 11 is 0. The highest BCUT2D eigenvalue weighted by atomic mass is 32.2. The second kappa shape index (κ2) is 3.75. The lowest BCUT2D eigenvalue weighted by Gasteiger charge is -2.21. The van der Waals surface area contributed by atoms with Gasteiger partial charge in [0.25, 0.3) is 0 Å². The Morgan fingerprint density at radius 2 is 1.81 bits per heavy atom. The summed E-state index contributed by atoms with van der Waals surface area (Å²) in [6, 6.07) is 9.26. The van der Waals surface area contributed by atoms with Gasteiger partial charge in [-0.1, -0.05) is 30.3 Å². The zero-order valence-electron chi connectivity index (χ0n) is 9.08. The van der Waals surface area contributed by atoms with Crippen molar-refractivity contribution in [1.29, 1.82) is 0 Å². The predicted octanol–water partition coefficient (Wildman–Crippen LogP) is 1.57. The molecule has 0 aliphatic carbocycles. The van der Waals surface area contributed by atoms with Gasteiger partial charge in [0.15, 0.2) is 0 Å². The molecule has 0 N–H and O–H groups in total. The molecule has 5 heteroatoms. The van der Waals surface area contributed by atoms with Crippen LogP contribution in [0.3, 0.4) is 0 Å². The van der Waals surface area contributed by atoms with Crippen molar-refractivity contribution in [3.05, 3.63) is 47.7 Å². The first-order valence-corrected chi connectivity index (χ1v) is 6.23. The Hall–Kier alpha value is -1.62. The standard InChI is InChI=1S/C11H12N2O2S/c1-9-8-11(10-6-4-3-5-7-10)12-16(14,15)13(9)2/h3-8H,1-2H3. The van der Waals surface area contributed by atoms with Crippen molar-refractivity contribution in [2.24, 2.45) is 4.40 Å². The highest BCUT2D eigenvalue weighted by molar-refractivity contribution is 7.88. The number of allylic oxidation sites excluding steroid dienone is 2. The van der Waals surface area contributed by atoms with Crippen LogP contribution in [0, 0.1) is 0 Å². The summed E-state index contributed by atoms with van der Waals surface area (Å²) in [5, 5.41) is 0. The smallest absolute Gasteiger partial charge is 0.259 e. The second-order valence-electron chi connectivity index (χ2n) is 3.57. The molecule has 2 rings (SSSR count). The number of nitrogens with zero attached hydrogens (tertiary/aromatic N) is 2. The Bertz CT molecular complexity index is 559. The van der Waals surface area contributed by atoms with Gasteiger partial charge in [-0.15, -0.1) is 4.40 Å². The molecule has 1 aromatic rings. The van der Waals surface area contributed by atoms with E-state index in [1.807, 2.05) is 30.3 Å². The maximum Gasteiger partial charge on any atom is 0.344 e. The number of rotatable bonds is 1. The quantitative estimate of drug-likeness (QED) is 0.743. The van der Waals surface area contributed by atoms with E-state index in [1.165, 1.54) is 11.4 Å². The monoisotopic (exact) mass is 236 g/mol.